The molecule has 4 heteroatoms. The van der Waals surface area contributed by atoms with E-state index in [1.807, 2.05) is 0 Å². The second kappa shape index (κ2) is 5.14. The highest BCUT2D eigenvalue weighted by Gasteiger charge is 2.37. The SMILES string of the molecule is CC(C)(C)[C@H]1OCC[C@@H]1CNC(=O)c1cc[nH]c1. The molecule has 2 heterocycles. The van der Waals surface area contributed by atoms with Gasteiger partial charge in [0, 0.05) is 31.5 Å². The third-order valence-electron chi connectivity index (χ3n) is 3.45. The van der Waals surface area contributed by atoms with Crippen molar-refractivity contribution in [3.05, 3.63) is 24.0 Å². The van der Waals surface area contributed by atoms with Gasteiger partial charge in [-0.25, -0.2) is 0 Å². The summed E-state index contributed by atoms with van der Waals surface area (Å²) in [6.07, 6.45) is 4.71. The summed E-state index contributed by atoms with van der Waals surface area (Å²) < 4.78 is 5.80. The van der Waals surface area contributed by atoms with Crippen molar-refractivity contribution < 1.29 is 9.53 Å². The van der Waals surface area contributed by atoms with Crippen molar-refractivity contribution in [2.45, 2.75) is 33.3 Å². The maximum absolute atomic E-state index is 11.8. The molecule has 100 valence electrons. The fourth-order valence-corrected chi connectivity index (χ4v) is 2.59. The van der Waals surface area contributed by atoms with Crippen LogP contribution in [0, 0.1) is 11.3 Å². The largest absolute Gasteiger partial charge is 0.377 e. The smallest absolute Gasteiger partial charge is 0.252 e. The molecular weight excluding hydrogens is 228 g/mol. The summed E-state index contributed by atoms with van der Waals surface area (Å²) in [5.74, 6) is 0.392. The van der Waals surface area contributed by atoms with Crippen molar-refractivity contribution in [1.29, 1.82) is 0 Å². The lowest BCUT2D eigenvalue weighted by atomic mass is 9.81. The number of nitrogens with one attached hydrogen (secondary N) is 2. The summed E-state index contributed by atoms with van der Waals surface area (Å²) in [5, 5.41) is 2.99. The Balaban J connectivity index is 1.88. The fraction of sp³-hybridized carbons (Fsp3) is 0.643. The Kier molecular flexibility index (Phi) is 3.76. The van der Waals surface area contributed by atoms with Crippen molar-refractivity contribution >= 4 is 5.91 Å². The van der Waals surface area contributed by atoms with Crippen LogP contribution in [0.5, 0.6) is 0 Å². The van der Waals surface area contributed by atoms with Crippen molar-refractivity contribution in [1.82, 2.24) is 10.3 Å². The van der Waals surface area contributed by atoms with Gasteiger partial charge in [-0.05, 0) is 17.9 Å². The summed E-state index contributed by atoms with van der Waals surface area (Å²) in [7, 11) is 0. The van der Waals surface area contributed by atoms with Gasteiger partial charge < -0.3 is 15.0 Å². The summed E-state index contributed by atoms with van der Waals surface area (Å²) in [5.41, 5.74) is 0.807. The molecule has 0 bridgehead atoms. The number of amides is 1. The molecule has 0 spiro atoms. The lowest BCUT2D eigenvalue weighted by Gasteiger charge is -2.31. The topological polar surface area (TPSA) is 54.1 Å². The number of ether oxygens (including phenoxy) is 1. The molecule has 18 heavy (non-hydrogen) atoms. The zero-order valence-electron chi connectivity index (χ0n) is 11.3. The first-order chi connectivity index (χ1) is 8.48. The van der Waals surface area contributed by atoms with E-state index in [9.17, 15) is 4.79 Å². The number of carbonyl (C=O) groups is 1. The molecule has 2 rings (SSSR count). The minimum atomic E-state index is -0.0178. The highest BCUT2D eigenvalue weighted by atomic mass is 16.5. The molecule has 2 atom stereocenters. The molecule has 4 nitrogen and oxygen atoms in total. The van der Waals surface area contributed by atoms with Crippen LogP contribution in [0.4, 0.5) is 0 Å². The van der Waals surface area contributed by atoms with Gasteiger partial charge in [0.2, 0.25) is 0 Å². The molecule has 1 saturated heterocycles. The van der Waals surface area contributed by atoms with Crippen LogP contribution in [0.2, 0.25) is 0 Å². The molecule has 1 aromatic heterocycles. The van der Waals surface area contributed by atoms with Crippen LogP contribution in [-0.2, 0) is 4.74 Å². The summed E-state index contributed by atoms with van der Waals surface area (Å²) in [6, 6.07) is 1.78. The first kappa shape index (κ1) is 13.1. The maximum atomic E-state index is 11.8. The van der Waals surface area contributed by atoms with Crippen LogP contribution in [-0.4, -0.2) is 30.1 Å². The van der Waals surface area contributed by atoms with E-state index in [0.717, 1.165) is 13.0 Å². The van der Waals surface area contributed by atoms with Gasteiger partial charge in [0.25, 0.3) is 5.91 Å². The Bertz CT molecular complexity index is 392. The number of H-pyrrole nitrogens is 1. The second-order valence-electron chi connectivity index (χ2n) is 6.02. The minimum Gasteiger partial charge on any atom is -0.377 e. The van der Waals surface area contributed by atoms with E-state index in [-0.39, 0.29) is 17.4 Å². The zero-order valence-corrected chi connectivity index (χ0v) is 11.3. The van der Waals surface area contributed by atoms with Gasteiger partial charge in [0.1, 0.15) is 0 Å². The van der Waals surface area contributed by atoms with E-state index in [2.05, 4.69) is 31.1 Å². The normalized spacial score (nSPS) is 24.2. The van der Waals surface area contributed by atoms with Gasteiger partial charge in [0.05, 0.1) is 11.7 Å². The standard InChI is InChI=1S/C14H22N2O2/c1-14(2,3)12-10(5-7-18-12)9-16-13(17)11-4-6-15-8-11/h4,6,8,10,12,15H,5,7,9H2,1-3H3,(H,16,17)/t10-,12+/m1/s1. The average molecular weight is 250 g/mol. The Labute approximate surface area is 108 Å². The summed E-state index contributed by atoms with van der Waals surface area (Å²) >= 11 is 0. The van der Waals surface area contributed by atoms with Gasteiger partial charge in [-0.1, -0.05) is 20.8 Å². The number of carbonyl (C=O) groups excluding carboxylic acids is 1. The molecule has 1 aliphatic rings. The number of aromatic amines is 1. The van der Waals surface area contributed by atoms with E-state index in [0.29, 0.717) is 18.0 Å². The predicted octanol–water partition coefficient (Wildman–Crippen LogP) is 2.20. The Hall–Kier alpha value is -1.29. The molecule has 1 aromatic rings. The number of hydrogen-bond acceptors (Lipinski definition) is 2. The lowest BCUT2D eigenvalue weighted by Crippen LogP contribution is -2.38. The molecule has 1 aliphatic heterocycles. The monoisotopic (exact) mass is 250 g/mol. The molecular formula is C14H22N2O2. The quantitative estimate of drug-likeness (QED) is 0.864. The van der Waals surface area contributed by atoms with Gasteiger partial charge >= 0.3 is 0 Å². The predicted molar refractivity (Wildman–Crippen MR) is 70.4 cm³/mol. The third-order valence-corrected chi connectivity index (χ3v) is 3.45. The van der Waals surface area contributed by atoms with E-state index in [1.165, 1.54) is 0 Å². The molecule has 0 saturated carbocycles. The van der Waals surface area contributed by atoms with Crippen LogP contribution >= 0.6 is 0 Å². The zero-order chi connectivity index (χ0) is 13.2. The molecule has 0 aromatic carbocycles. The van der Waals surface area contributed by atoms with Crippen LogP contribution in [0.25, 0.3) is 0 Å². The van der Waals surface area contributed by atoms with Crippen molar-refractivity contribution in [2.75, 3.05) is 13.2 Å². The Morgan fingerprint density at radius 3 is 2.94 bits per heavy atom. The minimum absolute atomic E-state index is 0.0178. The van der Waals surface area contributed by atoms with Gasteiger partial charge in [0.15, 0.2) is 0 Å². The lowest BCUT2D eigenvalue weighted by molar-refractivity contribution is 0.00737. The third kappa shape index (κ3) is 2.93. The van der Waals surface area contributed by atoms with Crippen molar-refractivity contribution in [3.8, 4) is 0 Å². The second-order valence-corrected chi connectivity index (χ2v) is 6.02. The van der Waals surface area contributed by atoms with E-state index >= 15 is 0 Å². The number of aromatic nitrogens is 1. The van der Waals surface area contributed by atoms with Crippen LogP contribution in [0.3, 0.4) is 0 Å². The molecule has 1 fully saturated rings. The highest BCUT2D eigenvalue weighted by Crippen LogP contribution is 2.34. The summed E-state index contributed by atoms with van der Waals surface area (Å²) in [6.45, 7) is 8.04. The van der Waals surface area contributed by atoms with E-state index in [4.69, 9.17) is 4.74 Å². The van der Waals surface area contributed by atoms with Crippen molar-refractivity contribution in [2.24, 2.45) is 11.3 Å². The molecule has 0 aliphatic carbocycles. The van der Waals surface area contributed by atoms with Crippen LogP contribution in [0.15, 0.2) is 18.5 Å². The van der Waals surface area contributed by atoms with Gasteiger partial charge in [-0.3, -0.25) is 4.79 Å². The molecule has 0 radical (unpaired) electrons. The summed E-state index contributed by atoms with van der Waals surface area (Å²) in [4.78, 5) is 14.7. The van der Waals surface area contributed by atoms with Gasteiger partial charge in [-0.15, -0.1) is 0 Å². The maximum Gasteiger partial charge on any atom is 0.252 e. The molecule has 1 amide bonds. The first-order valence-electron chi connectivity index (χ1n) is 6.51. The van der Waals surface area contributed by atoms with E-state index in [1.54, 1.807) is 18.5 Å². The number of rotatable bonds is 3. The van der Waals surface area contributed by atoms with Crippen LogP contribution in [0.1, 0.15) is 37.6 Å². The Morgan fingerprint density at radius 1 is 1.56 bits per heavy atom. The highest BCUT2D eigenvalue weighted by molar-refractivity contribution is 5.93. The molecule has 2 N–H and O–H groups in total. The number of hydrogen-bond donors (Lipinski definition) is 2. The fourth-order valence-electron chi connectivity index (χ4n) is 2.59. The Morgan fingerprint density at radius 2 is 2.33 bits per heavy atom. The van der Waals surface area contributed by atoms with Gasteiger partial charge in [-0.2, -0.15) is 0 Å². The molecule has 0 unspecified atom stereocenters. The first-order valence-corrected chi connectivity index (χ1v) is 6.51. The van der Waals surface area contributed by atoms with Crippen molar-refractivity contribution in [3.63, 3.8) is 0 Å². The van der Waals surface area contributed by atoms with E-state index < -0.39 is 0 Å². The van der Waals surface area contributed by atoms with Crippen LogP contribution < -0.4 is 5.32 Å². The average Bonchev–Trinajstić information content (AvgIpc) is 2.95.